The Bertz CT molecular complexity index is 578. The van der Waals surface area contributed by atoms with E-state index in [9.17, 15) is 5.11 Å². The normalized spacial score (nSPS) is 18.1. The van der Waals surface area contributed by atoms with Gasteiger partial charge in [-0.1, -0.05) is 46.7 Å². The van der Waals surface area contributed by atoms with Crippen LogP contribution in [0.25, 0.3) is 0 Å². The zero-order valence-corrected chi connectivity index (χ0v) is 14.9. The molecule has 3 nitrogen and oxygen atoms in total. The number of nitrogens with zero attached hydrogens (tertiary/aromatic N) is 1. The van der Waals surface area contributed by atoms with Crippen LogP contribution in [0.2, 0.25) is 0 Å². The van der Waals surface area contributed by atoms with Gasteiger partial charge >= 0.3 is 0 Å². The number of aromatic hydroxyl groups is 1. The molecule has 0 spiro atoms. The third kappa shape index (κ3) is 3.29. The third-order valence-electron chi connectivity index (χ3n) is 3.98. The topological polar surface area (TPSA) is 41.8 Å². The van der Waals surface area contributed by atoms with Crippen LogP contribution >= 0.6 is 0 Å². The molecule has 0 fully saturated rings. The van der Waals surface area contributed by atoms with Gasteiger partial charge in [0.1, 0.15) is 11.4 Å². The number of rotatable bonds is 1. The molecule has 1 aromatic rings. The molecule has 1 unspecified atom stereocenters. The molecule has 1 N–H and O–H groups in total. The third-order valence-corrected chi connectivity index (χ3v) is 3.98. The summed E-state index contributed by atoms with van der Waals surface area (Å²) in [6, 6.07) is 4.07. The largest absolute Gasteiger partial charge is 0.507 e. The summed E-state index contributed by atoms with van der Waals surface area (Å²) in [6.45, 7) is 18.6. The molecular formula is C19H28NO2. The van der Waals surface area contributed by atoms with Crippen molar-refractivity contribution in [3.05, 3.63) is 35.7 Å². The minimum Gasteiger partial charge on any atom is -0.507 e. The van der Waals surface area contributed by atoms with Crippen LogP contribution in [0.4, 0.5) is 0 Å². The standard InChI is InChI=1S/C19H28NO2/c1-17(2,3)13-9-12(15-11-19(7,8)22-20-15)10-14(16(13)21)18(4,5)6/h9-10,21H,7,11H2,1-6,8H3. The molecular weight excluding hydrogens is 274 g/mol. The van der Waals surface area contributed by atoms with Crippen LogP contribution in [0.15, 0.2) is 17.3 Å². The van der Waals surface area contributed by atoms with Gasteiger partial charge in [0, 0.05) is 23.1 Å². The van der Waals surface area contributed by atoms with E-state index in [4.69, 9.17) is 4.84 Å². The van der Waals surface area contributed by atoms with Gasteiger partial charge in [0.2, 0.25) is 0 Å². The fourth-order valence-electron chi connectivity index (χ4n) is 2.68. The van der Waals surface area contributed by atoms with Gasteiger partial charge in [-0.2, -0.15) is 0 Å². The van der Waals surface area contributed by atoms with E-state index in [2.05, 4.69) is 53.6 Å². The lowest BCUT2D eigenvalue weighted by atomic mass is 9.77. The van der Waals surface area contributed by atoms with E-state index in [0.717, 1.165) is 22.4 Å². The highest BCUT2D eigenvalue weighted by atomic mass is 16.7. The van der Waals surface area contributed by atoms with Gasteiger partial charge in [-0.05, 0) is 36.8 Å². The van der Waals surface area contributed by atoms with E-state index in [1.54, 1.807) is 0 Å². The number of phenols is 1. The first-order valence-corrected chi connectivity index (χ1v) is 7.80. The highest BCUT2D eigenvalue weighted by Crippen LogP contribution is 2.40. The predicted molar refractivity (Wildman–Crippen MR) is 91.5 cm³/mol. The highest BCUT2D eigenvalue weighted by molar-refractivity contribution is 6.02. The van der Waals surface area contributed by atoms with Gasteiger partial charge in [0.05, 0.1) is 5.71 Å². The van der Waals surface area contributed by atoms with Crippen LogP contribution in [-0.4, -0.2) is 16.4 Å². The SMILES string of the molecule is [CH2]C1(C)CC(c2cc(C(C)(C)C)c(O)c(C(C)(C)C)c2)=NO1. The fourth-order valence-corrected chi connectivity index (χ4v) is 2.68. The number of benzene rings is 1. The smallest absolute Gasteiger partial charge is 0.140 e. The van der Waals surface area contributed by atoms with E-state index in [1.807, 2.05) is 19.1 Å². The lowest BCUT2D eigenvalue weighted by Crippen LogP contribution is -2.21. The van der Waals surface area contributed by atoms with Gasteiger partial charge < -0.3 is 9.94 Å². The van der Waals surface area contributed by atoms with Crippen molar-refractivity contribution in [1.82, 2.24) is 0 Å². The second kappa shape index (κ2) is 5.00. The van der Waals surface area contributed by atoms with Crippen LogP contribution in [0.1, 0.15) is 71.6 Å². The van der Waals surface area contributed by atoms with Crippen LogP contribution < -0.4 is 0 Å². The Labute approximate surface area is 134 Å². The van der Waals surface area contributed by atoms with Crippen LogP contribution in [0.5, 0.6) is 5.75 Å². The zero-order valence-electron chi connectivity index (χ0n) is 14.9. The van der Waals surface area contributed by atoms with Crippen molar-refractivity contribution in [2.75, 3.05) is 0 Å². The summed E-state index contributed by atoms with van der Waals surface area (Å²) in [4.78, 5) is 5.40. The van der Waals surface area contributed by atoms with Crippen molar-refractivity contribution in [2.24, 2.45) is 5.16 Å². The Kier molecular flexibility index (Phi) is 3.83. The van der Waals surface area contributed by atoms with Gasteiger partial charge in [-0.15, -0.1) is 0 Å². The van der Waals surface area contributed by atoms with Crippen LogP contribution in [0, 0.1) is 6.92 Å². The zero-order chi connectivity index (χ0) is 16.9. The summed E-state index contributed by atoms with van der Waals surface area (Å²) in [6.07, 6.45) is 0.672. The van der Waals surface area contributed by atoms with E-state index in [0.29, 0.717) is 12.2 Å². The Balaban J connectivity index is 2.62. The molecule has 0 saturated carbocycles. The summed E-state index contributed by atoms with van der Waals surface area (Å²) in [7, 11) is 0. The predicted octanol–water partition coefficient (Wildman–Crippen LogP) is 4.70. The second-order valence-corrected chi connectivity index (χ2v) is 8.68. The van der Waals surface area contributed by atoms with Crippen molar-refractivity contribution < 1.29 is 9.94 Å². The molecule has 0 aliphatic carbocycles. The van der Waals surface area contributed by atoms with Crippen molar-refractivity contribution in [3.63, 3.8) is 0 Å². The monoisotopic (exact) mass is 302 g/mol. The molecule has 0 saturated heterocycles. The molecule has 1 aliphatic heterocycles. The van der Waals surface area contributed by atoms with Crippen LogP contribution in [0.3, 0.4) is 0 Å². The van der Waals surface area contributed by atoms with Crippen molar-refractivity contribution >= 4 is 5.71 Å². The van der Waals surface area contributed by atoms with E-state index >= 15 is 0 Å². The Hall–Kier alpha value is -1.51. The first-order valence-electron chi connectivity index (χ1n) is 7.80. The summed E-state index contributed by atoms with van der Waals surface area (Å²) in [5, 5.41) is 15.0. The molecule has 1 aliphatic rings. The minimum atomic E-state index is -0.503. The van der Waals surface area contributed by atoms with Crippen molar-refractivity contribution in [1.29, 1.82) is 0 Å². The lowest BCUT2D eigenvalue weighted by Gasteiger charge is -2.28. The molecule has 1 atom stereocenters. The maximum Gasteiger partial charge on any atom is 0.140 e. The number of phenolic OH excluding ortho intramolecular Hbond substituents is 1. The molecule has 1 heterocycles. The molecule has 22 heavy (non-hydrogen) atoms. The van der Waals surface area contributed by atoms with Gasteiger partial charge in [-0.3, -0.25) is 0 Å². The van der Waals surface area contributed by atoms with Gasteiger partial charge in [0.25, 0.3) is 0 Å². The van der Waals surface area contributed by atoms with E-state index < -0.39 is 5.60 Å². The summed E-state index contributed by atoms with van der Waals surface area (Å²) in [5.41, 5.74) is 3.00. The average Bonchev–Trinajstić information content (AvgIpc) is 2.67. The molecule has 121 valence electrons. The molecule has 0 aromatic heterocycles. The number of hydrogen-bond acceptors (Lipinski definition) is 3. The Morgan fingerprint density at radius 2 is 1.55 bits per heavy atom. The second-order valence-electron chi connectivity index (χ2n) is 8.68. The van der Waals surface area contributed by atoms with Crippen LogP contribution in [-0.2, 0) is 15.7 Å². The number of hydrogen-bond donors (Lipinski definition) is 1. The molecule has 2 rings (SSSR count). The van der Waals surface area contributed by atoms with E-state index in [1.165, 1.54) is 0 Å². The highest BCUT2D eigenvalue weighted by Gasteiger charge is 2.32. The van der Waals surface area contributed by atoms with Gasteiger partial charge in [-0.25, -0.2) is 0 Å². The summed E-state index contributed by atoms with van der Waals surface area (Å²) < 4.78 is 0. The fraction of sp³-hybridized carbons (Fsp3) is 0.579. The van der Waals surface area contributed by atoms with Gasteiger partial charge in [0.15, 0.2) is 0 Å². The summed E-state index contributed by atoms with van der Waals surface area (Å²) in [5.74, 6) is 0.389. The molecule has 0 amide bonds. The molecule has 3 heteroatoms. The molecule has 1 radical (unpaired) electrons. The lowest BCUT2D eigenvalue weighted by molar-refractivity contribution is 0.0339. The van der Waals surface area contributed by atoms with Crippen molar-refractivity contribution in [2.45, 2.75) is 71.3 Å². The summed E-state index contributed by atoms with van der Waals surface area (Å²) >= 11 is 0. The quantitative estimate of drug-likeness (QED) is 0.816. The first-order chi connectivity index (χ1) is 9.81. The first kappa shape index (κ1) is 16.9. The van der Waals surface area contributed by atoms with E-state index in [-0.39, 0.29) is 10.8 Å². The van der Waals surface area contributed by atoms with Crippen molar-refractivity contribution in [3.8, 4) is 5.75 Å². The molecule has 0 bridgehead atoms. The average molecular weight is 302 g/mol. The Morgan fingerprint density at radius 1 is 1.09 bits per heavy atom. The Morgan fingerprint density at radius 3 is 1.86 bits per heavy atom. The maximum absolute atomic E-state index is 10.7. The number of oxime groups is 1. The maximum atomic E-state index is 10.7. The molecule has 1 aromatic carbocycles. The minimum absolute atomic E-state index is 0.145.